The molecule has 0 saturated heterocycles. The molecule has 0 aromatic heterocycles. The minimum atomic E-state index is 0. The van der Waals surface area contributed by atoms with Crippen LogP contribution < -0.4 is 11.5 Å². The van der Waals surface area contributed by atoms with Gasteiger partial charge >= 0.3 is 0 Å². The van der Waals surface area contributed by atoms with Crippen molar-refractivity contribution in [2.45, 2.75) is 0 Å². The molecule has 0 aliphatic rings. The molecule has 0 bridgehead atoms. The van der Waals surface area contributed by atoms with Crippen molar-refractivity contribution in [3.8, 4) is 0 Å². The lowest BCUT2D eigenvalue weighted by Gasteiger charge is -1.19. The van der Waals surface area contributed by atoms with Crippen molar-refractivity contribution < 1.29 is 1.43 Å². The van der Waals surface area contributed by atoms with Gasteiger partial charge in [-0.25, -0.2) is 0 Å². The molecule has 5 heavy (non-hydrogen) atoms. The average Bonchev–Trinajstić information content (AvgIpc) is 1.50. The van der Waals surface area contributed by atoms with Gasteiger partial charge < -0.3 is 11.5 Å². The van der Waals surface area contributed by atoms with Crippen LogP contribution >= 0.6 is 0 Å². The maximum absolute atomic E-state index is 4.50. The van der Waals surface area contributed by atoms with E-state index >= 15 is 0 Å². The first-order valence-corrected chi connectivity index (χ1v) is 1.15. The van der Waals surface area contributed by atoms with Crippen LogP contribution in [0.25, 0.3) is 0 Å². The summed E-state index contributed by atoms with van der Waals surface area (Å²) in [4.78, 5) is 0. The topological polar surface area (TPSA) is 52.0 Å². The molecule has 0 aliphatic heterocycles. The maximum atomic E-state index is 4.50. The largest absolute Gasteiger partial charge is 0.333 e. The van der Waals surface area contributed by atoms with E-state index in [1.165, 1.54) is 14.1 Å². The van der Waals surface area contributed by atoms with E-state index in [0.29, 0.717) is 0 Å². The molecule has 0 heterocycles. The van der Waals surface area contributed by atoms with E-state index in [0.717, 1.165) is 0 Å². The first-order chi connectivity index (χ1) is 2.00. The zero-order valence-corrected chi connectivity index (χ0v) is 3.73. The zero-order chi connectivity index (χ0) is 4.00. The van der Waals surface area contributed by atoms with Crippen molar-refractivity contribution in [2.75, 3.05) is 14.1 Å². The summed E-state index contributed by atoms with van der Waals surface area (Å²) in [6.07, 6.45) is 0. The highest BCUT2D eigenvalue weighted by Crippen LogP contribution is 0.471. The first kappa shape index (κ1) is 20.1. The van der Waals surface area contributed by atoms with Crippen LogP contribution in [-0.2, 0) is 0 Å². The third-order valence-electron chi connectivity index (χ3n) is 0. The van der Waals surface area contributed by atoms with Crippen LogP contribution in [0, 0.1) is 0 Å². The van der Waals surface area contributed by atoms with Crippen molar-refractivity contribution >= 4 is 8.41 Å². The highest BCUT2D eigenvalue weighted by atomic mass is 14.4. The highest BCUT2D eigenvalue weighted by molar-refractivity contribution is 5.75. The Morgan fingerprint density at radius 2 is 1.00 bits per heavy atom. The molecule has 0 rings (SSSR count). The summed E-state index contributed by atoms with van der Waals surface area (Å²) in [5.41, 5.74) is 9.00. The lowest BCUT2D eigenvalue weighted by Crippen LogP contribution is -1.69. The minimum absolute atomic E-state index is 0. The van der Waals surface area contributed by atoms with Gasteiger partial charge in [-0.05, 0) is 14.1 Å². The van der Waals surface area contributed by atoms with Gasteiger partial charge in [-0.3, -0.25) is 0 Å². The van der Waals surface area contributed by atoms with Crippen molar-refractivity contribution in [1.82, 2.24) is 0 Å². The molecule has 2 nitrogen and oxygen atoms in total. The molecular formula is C2H12BN2. The second-order valence-electron chi connectivity index (χ2n) is 0. The molecular weight excluding hydrogens is 62.8 g/mol. The lowest BCUT2D eigenvalue weighted by molar-refractivity contribution is 1.48. The summed E-state index contributed by atoms with van der Waals surface area (Å²) in [6, 6.07) is 0. The first-order valence-electron chi connectivity index (χ1n) is 1.15. The maximum Gasteiger partial charge on any atom is 0 e. The van der Waals surface area contributed by atoms with Gasteiger partial charge in [0, 0.05) is 9.84 Å². The molecule has 0 unspecified atom stereocenters. The van der Waals surface area contributed by atoms with Crippen LogP contribution in [0.4, 0.5) is 0 Å². The summed E-state index contributed by atoms with van der Waals surface area (Å²) >= 11 is 0. The van der Waals surface area contributed by atoms with E-state index in [9.17, 15) is 0 Å². The number of hydrogen-bond acceptors (Lipinski definition) is 2. The van der Waals surface area contributed by atoms with Crippen molar-refractivity contribution in [1.29, 1.82) is 0 Å². The summed E-state index contributed by atoms with van der Waals surface area (Å²) in [6.45, 7) is 0. The van der Waals surface area contributed by atoms with Gasteiger partial charge in [0.15, 0.2) is 0 Å². The predicted molar refractivity (Wildman–Crippen MR) is 28.1 cm³/mol. The third kappa shape index (κ3) is 69200. The zero-order valence-electron chi connectivity index (χ0n) is 3.73. The van der Waals surface area contributed by atoms with Crippen LogP contribution in [0.1, 0.15) is 1.43 Å². The molecule has 0 saturated carbocycles. The summed E-state index contributed by atoms with van der Waals surface area (Å²) < 4.78 is 0. The molecule has 3 radical (unpaired) electrons. The number of nitrogens with two attached hydrogens (primary N) is 2. The fourth-order valence-corrected chi connectivity index (χ4v) is 0. The Labute approximate surface area is 36.6 Å². The van der Waals surface area contributed by atoms with E-state index < -0.39 is 0 Å². The van der Waals surface area contributed by atoms with E-state index in [2.05, 4.69) is 11.5 Å². The Kier molecular flexibility index (Phi) is 629000. The molecule has 4 N–H and O–H groups in total. The second-order valence-corrected chi connectivity index (χ2v) is 0. The Hall–Kier alpha value is -0.0151. The van der Waals surface area contributed by atoms with E-state index in [4.69, 9.17) is 0 Å². The van der Waals surface area contributed by atoms with Crippen LogP contribution in [0.3, 0.4) is 0 Å². The highest BCUT2D eigenvalue weighted by Gasteiger charge is 0.838. The van der Waals surface area contributed by atoms with Gasteiger partial charge in [0.25, 0.3) is 0 Å². The van der Waals surface area contributed by atoms with E-state index in [1.807, 2.05) is 0 Å². The van der Waals surface area contributed by atoms with Crippen LogP contribution in [-0.4, -0.2) is 22.5 Å². The number of hydrogen-bond donors (Lipinski definition) is 2. The van der Waals surface area contributed by atoms with Crippen molar-refractivity contribution in [3.05, 3.63) is 0 Å². The molecule has 0 aliphatic carbocycles. The lowest BCUT2D eigenvalue weighted by atomic mass is 10.8. The third-order valence-corrected chi connectivity index (χ3v) is 0. The predicted octanol–water partition coefficient (Wildman–Crippen LogP) is -0.985. The minimum Gasteiger partial charge on any atom is -0.333 e. The van der Waals surface area contributed by atoms with Crippen LogP contribution in [0.15, 0.2) is 0 Å². The molecule has 0 aromatic carbocycles. The number of rotatable bonds is 0. The average molecular weight is 76.0 g/mol. The monoisotopic (exact) mass is 76.1 g/mol. The molecule has 0 aromatic rings. The molecule has 0 amide bonds. The molecule has 0 spiro atoms. The SMILES string of the molecule is CN.CN.[2HH].[B]. The van der Waals surface area contributed by atoms with Crippen LogP contribution in [0.2, 0.25) is 0 Å². The van der Waals surface area contributed by atoms with E-state index in [1.54, 1.807) is 0 Å². The van der Waals surface area contributed by atoms with Gasteiger partial charge in [0.1, 0.15) is 0 Å². The van der Waals surface area contributed by atoms with Gasteiger partial charge in [0.05, 0.1) is 0 Å². The van der Waals surface area contributed by atoms with Crippen molar-refractivity contribution in [3.63, 3.8) is 0 Å². The van der Waals surface area contributed by atoms with Gasteiger partial charge in [-0.2, -0.15) is 0 Å². The van der Waals surface area contributed by atoms with E-state index in [-0.39, 0.29) is 9.84 Å². The van der Waals surface area contributed by atoms with Crippen LogP contribution in [0.5, 0.6) is 0 Å². The standard InChI is InChI=1S/2CH5N.B.H2/c2*1-2;;/h2*2H2,1H3;;1H/i;;;1+1. The smallest absolute Gasteiger partial charge is 0 e. The fourth-order valence-electron chi connectivity index (χ4n) is 0. The molecule has 0 fully saturated rings. The normalized spacial score (nSPS) is 2.40. The molecule has 3 heteroatoms. The fraction of sp³-hybridized carbons (Fsp3) is 1.00. The summed E-state index contributed by atoms with van der Waals surface area (Å²) in [5.74, 6) is 0. The Balaban J connectivity index is -0.00000000500. The summed E-state index contributed by atoms with van der Waals surface area (Å²) in [7, 11) is 3.00. The second kappa shape index (κ2) is 156000. The van der Waals surface area contributed by atoms with Gasteiger partial charge in [-0.15, -0.1) is 0 Å². The molecule has 0 atom stereocenters. The Morgan fingerprint density at radius 3 is 1.00 bits per heavy atom. The Morgan fingerprint density at radius 1 is 1.00 bits per heavy atom. The van der Waals surface area contributed by atoms with Gasteiger partial charge in [0.2, 0.25) is 0 Å². The molecule has 33 valence electrons. The quantitative estimate of drug-likeness (QED) is 0.364. The van der Waals surface area contributed by atoms with Gasteiger partial charge in [-0.1, -0.05) is 0 Å². The summed E-state index contributed by atoms with van der Waals surface area (Å²) in [5, 5.41) is 0. The van der Waals surface area contributed by atoms with Crippen molar-refractivity contribution in [2.24, 2.45) is 11.5 Å². The Bertz CT molecular complexity index is 11.5.